The number of carbonyl (C=O) groups is 5. The number of cyclic esters (lactones) is 4. The minimum atomic E-state index is -0.802. The zero-order chi connectivity index (χ0) is 69.9. The third-order valence-electron chi connectivity index (χ3n) is 29.0. The standard InChI is InChI=1S/C22H34O2.2C20H30O4.C20H28O3/c1-14-7-9-19-16(3)21(4,5)11-12-22(19,6)18(14)10-8-17-15(2)13-24-20(17)23;2*1-12-5-7-16-13(2)20(4,23)10-9-19(16,3)15(12)8-6-14-17(21)11-24-18(14)22;1-12-5-7-17-14(3)18(21)9-10-20(17,4)16(12)8-6-15-13(2)11-23-19(15)22/h8,15-16,18-19H,1,7,9-13H2,2-6H3;2*6,13,15-17,21,23H,1,5,7-11H2,2-4H3;6,13-14,16-17H,1,5,7-11H2,2-4H3/b17-8+;2*14-6+;15-6+/t15-,16-,18-,19-,22+;13-,15-,16-,17-,19+,20+;13-,15-,16-,17-,19+,20-;13-,14-,16-,17-,20+/m1111/s1. The fourth-order valence-corrected chi connectivity index (χ4v) is 21.4. The SMILES string of the molecule is C=C1CC[C@@H]2[C@@H](C)C(=O)CC[C@@]2(C)[C@@H]1C/C=C1/C(=O)OC[C@H]1C.C=C1CC[C@@H]2[C@@H](C)C(C)(C)CC[C@@]2(C)[C@@H]1C/C=C1/C(=O)OC[C@H]1C.C=C1CC[C@@H]2[C@@H](C)[C@@](C)(O)CC[C@@]2(C)[C@@H]1C/C=C1/C(=O)OC[C@H]1O.C=C1CC[C@@H]2[C@@H](C)[C@](C)(O)CC[C@@]2(C)[C@@H]1C/C=C1/C(=O)OC[C@H]1O. The van der Waals surface area contributed by atoms with E-state index in [-0.39, 0.29) is 82.8 Å². The highest BCUT2D eigenvalue weighted by Crippen LogP contribution is 2.64. The summed E-state index contributed by atoms with van der Waals surface area (Å²) in [6.07, 6.45) is 26.0. The van der Waals surface area contributed by atoms with Gasteiger partial charge in [-0.25, -0.2) is 19.2 Å². The van der Waals surface area contributed by atoms with E-state index in [1.165, 1.54) is 41.6 Å². The van der Waals surface area contributed by atoms with E-state index in [0.29, 0.717) is 89.8 Å². The summed E-state index contributed by atoms with van der Waals surface area (Å²) in [6, 6.07) is 0. The third-order valence-corrected chi connectivity index (χ3v) is 29.0. The van der Waals surface area contributed by atoms with Gasteiger partial charge in [-0.15, -0.1) is 0 Å². The molecule has 12 aliphatic rings. The molecular formula is C82H122O13. The normalized spacial score (nSPS) is 45.4. The Morgan fingerprint density at radius 2 is 0.684 bits per heavy atom. The van der Waals surface area contributed by atoms with E-state index in [4.69, 9.17) is 18.9 Å². The van der Waals surface area contributed by atoms with Crippen molar-refractivity contribution in [3.63, 3.8) is 0 Å². The van der Waals surface area contributed by atoms with Gasteiger partial charge in [0, 0.05) is 35.3 Å². The van der Waals surface area contributed by atoms with E-state index in [2.05, 4.69) is 115 Å². The molecule has 0 spiro atoms. The molecule has 0 aromatic rings. The summed E-state index contributed by atoms with van der Waals surface area (Å²) in [5.41, 5.74) is 7.53. The zero-order valence-corrected chi connectivity index (χ0v) is 60.8. The molecule has 4 aliphatic heterocycles. The minimum absolute atomic E-state index is 0.0655. The molecule has 4 heterocycles. The Hall–Kier alpha value is -4.69. The Bertz CT molecular complexity index is 2870. The predicted molar refractivity (Wildman–Crippen MR) is 372 cm³/mol. The number of ketones is 1. The summed E-state index contributed by atoms with van der Waals surface area (Å²) in [4.78, 5) is 59.4. The summed E-state index contributed by atoms with van der Waals surface area (Å²) in [5.74, 6) is 4.75. The van der Waals surface area contributed by atoms with Crippen LogP contribution in [0.5, 0.6) is 0 Å². The lowest BCUT2D eigenvalue weighted by molar-refractivity contribution is -0.136. The highest BCUT2D eigenvalue weighted by Gasteiger charge is 2.58. The Morgan fingerprint density at radius 1 is 0.389 bits per heavy atom. The van der Waals surface area contributed by atoms with Crippen molar-refractivity contribution in [1.82, 2.24) is 0 Å². The van der Waals surface area contributed by atoms with Gasteiger partial charge in [-0.1, -0.05) is 156 Å². The van der Waals surface area contributed by atoms with Gasteiger partial charge >= 0.3 is 23.9 Å². The molecule has 4 saturated heterocycles. The second-order valence-corrected chi connectivity index (χ2v) is 34.6. The smallest absolute Gasteiger partial charge is 0.336 e. The molecule has 0 bridgehead atoms. The minimum Gasteiger partial charge on any atom is -0.462 e. The van der Waals surface area contributed by atoms with Gasteiger partial charge in [0.2, 0.25) is 0 Å². The summed E-state index contributed by atoms with van der Waals surface area (Å²) in [7, 11) is 0. The van der Waals surface area contributed by atoms with E-state index in [0.717, 1.165) is 113 Å². The monoisotopic (exact) mass is 1310 g/mol. The first-order valence-corrected chi connectivity index (χ1v) is 36.9. The molecule has 22 atom stereocenters. The van der Waals surface area contributed by atoms with E-state index in [9.17, 15) is 44.4 Å². The van der Waals surface area contributed by atoms with E-state index in [1.807, 2.05) is 32.9 Å². The van der Waals surface area contributed by atoms with Crippen molar-refractivity contribution in [3.8, 4) is 0 Å². The molecule has 13 heteroatoms. The Balaban J connectivity index is 0.000000149. The van der Waals surface area contributed by atoms with Gasteiger partial charge in [0.1, 0.15) is 31.2 Å². The third kappa shape index (κ3) is 14.6. The van der Waals surface area contributed by atoms with Crippen LogP contribution in [0, 0.1) is 110 Å². The van der Waals surface area contributed by atoms with Crippen LogP contribution in [-0.2, 0) is 42.9 Å². The van der Waals surface area contributed by atoms with Crippen molar-refractivity contribution < 1.29 is 63.3 Å². The van der Waals surface area contributed by atoms with Crippen molar-refractivity contribution in [1.29, 1.82) is 0 Å². The molecule has 12 rings (SSSR count). The van der Waals surface area contributed by atoms with Gasteiger partial charge in [-0.3, -0.25) is 4.79 Å². The second-order valence-electron chi connectivity index (χ2n) is 34.6. The molecule has 8 aliphatic carbocycles. The first-order chi connectivity index (χ1) is 44.3. The van der Waals surface area contributed by atoms with Gasteiger partial charge in [-0.05, 0) is 228 Å². The quantitative estimate of drug-likeness (QED) is 0.0774. The largest absolute Gasteiger partial charge is 0.462 e. The zero-order valence-electron chi connectivity index (χ0n) is 60.8. The fraction of sp³-hybridized carbons (Fsp3) is 0.744. The number of carbonyl (C=O) groups excluding carboxylic acids is 5. The first kappa shape index (κ1) is 74.5. The summed E-state index contributed by atoms with van der Waals surface area (Å²) in [6.45, 7) is 49.8. The van der Waals surface area contributed by atoms with Crippen LogP contribution < -0.4 is 0 Å². The Labute approximate surface area is 570 Å². The molecule has 528 valence electrons. The first-order valence-electron chi connectivity index (χ1n) is 36.9. The highest BCUT2D eigenvalue weighted by atomic mass is 16.6. The van der Waals surface area contributed by atoms with Crippen molar-refractivity contribution in [2.24, 2.45) is 110 Å². The molecule has 0 amide bonds. The summed E-state index contributed by atoms with van der Waals surface area (Å²) < 4.78 is 20.1. The number of allylic oxidation sites excluding steroid dienone is 8. The molecule has 12 fully saturated rings. The van der Waals surface area contributed by atoms with Crippen LogP contribution in [0.15, 0.2) is 95.2 Å². The maximum Gasteiger partial charge on any atom is 0.336 e. The second kappa shape index (κ2) is 28.5. The van der Waals surface area contributed by atoms with Crippen molar-refractivity contribution in [2.45, 2.75) is 249 Å². The Morgan fingerprint density at radius 3 is 1.01 bits per heavy atom. The number of aliphatic hydroxyl groups excluding tert-OH is 2. The van der Waals surface area contributed by atoms with Crippen LogP contribution in [-0.4, -0.2) is 99.9 Å². The highest BCUT2D eigenvalue weighted by molar-refractivity contribution is 5.93. The molecule has 4 N–H and O–H groups in total. The maximum absolute atomic E-state index is 12.1. The number of rotatable bonds is 8. The number of esters is 4. The fourth-order valence-electron chi connectivity index (χ4n) is 21.4. The van der Waals surface area contributed by atoms with E-state index >= 15 is 0 Å². The average molecular weight is 1320 g/mol. The lowest BCUT2D eigenvalue weighted by Crippen LogP contribution is -2.54. The van der Waals surface area contributed by atoms with Crippen molar-refractivity contribution in [3.05, 3.63) is 95.2 Å². The van der Waals surface area contributed by atoms with Gasteiger partial charge in [0.25, 0.3) is 0 Å². The van der Waals surface area contributed by atoms with E-state index in [1.54, 1.807) is 0 Å². The lowest BCUT2D eigenvalue weighted by atomic mass is 9.46. The maximum atomic E-state index is 12.1. The number of fused-ring (bicyclic) bond motifs is 4. The number of hydrogen-bond donors (Lipinski definition) is 4. The van der Waals surface area contributed by atoms with Crippen molar-refractivity contribution >= 4 is 29.7 Å². The predicted octanol–water partition coefficient (Wildman–Crippen LogP) is 15.6. The van der Waals surface area contributed by atoms with Crippen molar-refractivity contribution in [2.75, 3.05) is 26.4 Å². The Kier molecular flexibility index (Phi) is 22.4. The summed E-state index contributed by atoms with van der Waals surface area (Å²) >= 11 is 0. The summed E-state index contributed by atoms with van der Waals surface area (Å²) in [5, 5.41) is 41.2. The average Bonchev–Trinajstić information content (AvgIpc) is 1.05. The van der Waals surface area contributed by atoms with Crippen LogP contribution in [0.1, 0.15) is 225 Å². The van der Waals surface area contributed by atoms with Crippen LogP contribution >= 0.6 is 0 Å². The molecule has 0 unspecified atom stereocenters. The van der Waals surface area contributed by atoms with Gasteiger partial charge in [0.15, 0.2) is 0 Å². The number of hydrogen-bond acceptors (Lipinski definition) is 13. The number of ether oxygens (including phenoxy) is 4. The molecular weight excluding hydrogens is 1190 g/mol. The molecule has 8 saturated carbocycles. The van der Waals surface area contributed by atoms with Crippen LogP contribution in [0.25, 0.3) is 0 Å². The lowest BCUT2D eigenvalue weighted by Gasteiger charge is -2.58. The van der Waals surface area contributed by atoms with Crippen LogP contribution in [0.4, 0.5) is 0 Å². The van der Waals surface area contributed by atoms with E-state index < -0.39 is 35.3 Å². The number of Topliss-reactive ketones (excluding diaryl/α,β-unsaturated/α-hetero) is 1. The molecule has 0 radical (unpaired) electrons. The topological polar surface area (TPSA) is 203 Å². The van der Waals surface area contributed by atoms with Gasteiger partial charge in [0.05, 0.1) is 35.6 Å². The van der Waals surface area contributed by atoms with Gasteiger partial charge < -0.3 is 39.4 Å². The van der Waals surface area contributed by atoms with Crippen LogP contribution in [0.2, 0.25) is 0 Å². The number of aliphatic hydroxyl groups is 4. The molecule has 0 aromatic carbocycles. The van der Waals surface area contributed by atoms with Crippen LogP contribution in [0.3, 0.4) is 0 Å². The van der Waals surface area contributed by atoms with Gasteiger partial charge in [-0.2, -0.15) is 0 Å². The molecule has 13 nitrogen and oxygen atoms in total. The molecule has 0 aromatic heterocycles. The molecule has 95 heavy (non-hydrogen) atoms.